The van der Waals surface area contributed by atoms with E-state index >= 15 is 0 Å². The molecule has 1 aromatic heterocycles. The van der Waals surface area contributed by atoms with Crippen LogP contribution in [-0.2, 0) is 16.4 Å². The van der Waals surface area contributed by atoms with Crippen molar-refractivity contribution in [2.75, 3.05) is 25.6 Å². The highest BCUT2D eigenvalue weighted by molar-refractivity contribution is 7.90. The van der Waals surface area contributed by atoms with Gasteiger partial charge < -0.3 is 15.2 Å². The van der Waals surface area contributed by atoms with Crippen molar-refractivity contribution < 1.29 is 12.9 Å². The molecule has 0 saturated heterocycles. The lowest BCUT2D eigenvalue weighted by atomic mass is 9.90. The molecule has 26 heavy (non-hydrogen) atoms. The van der Waals surface area contributed by atoms with E-state index in [4.69, 9.17) is 4.52 Å². The summed E-state index contributed by atoms with van der Waals surface area (Å²) in [5, 5.41) is 10.6. The average Bonchev–Trinajstić information content (AvgIpc) is 3.03. The van der Waals surface area contributed by atoms with E-state index < -0.39 is 9.84 Å². The van der Waals surface area contributed by atoms with Crippen molar-refractivity contribution in [3.8, 4) is 0 Å². The molecular formula is C18H34N4O3S. The van der Waals surface area contributed by atoms with Crippen molar-refractivity contribution >= 4 is 15.8 Å². The van der Waals surface area contributed by atoms with Crippen LogP contribution >= 0.6 is 0 Å². The lowest BCUT2D eigenvalue weighted by Crippen LogP contribution is -2.42. The number of nitrogens with one attached hydrogen (secondary N) is 2. The zero-order valence-electron chi connectivity index (χ0n) is 16.9. The number of nitrogens with zero attached hydrogens (tertiary/aromatic N) is 2. The van der Waals surface area contributed by atoms with Crippen molar-refractivity contribution in [3.05, 3.63) is 17.5 Å². The summed E-state index contributed by atoms with van der Waals surface area (Å²) >= 11 is 0. The van der Waals surface area contributed by atoms with E-state index in [1.807, 2.05) is 19.9 Å². The SMILES string of the molecule is CCC(CC)c1cc(CNC(=NC)NCC(C)(C)CCS(C)(=O)=O)on1. The monoisotopic (exact) mass is 386 g/mol. The van der Waals surface area contributed by atoms with Crippen molar-refractivity contribution in [1.29, 1.82) is 0 Å². The molecule has 0 fully saturated rings. The van der Waals surface area contributed by atoms with Crippen molar-refractivity contribution in [2.24, 2.45) is 10.4 Å². The zero-order valence-corrected chi connectivity index (χ0v) is 17.7. The van der Waals surface area contributed by atoms with Crippen LogP contribution < -0.4 is 10.6 Å². The minimum Gasteiger partial charge on any atom is -0.359 e. The molecule has 0 aliphatic rings. The number of sulfone groups is 1. The zero-order chi connectivity index (χ0) is 19.8. The maximum Gasteiger partial charge on any atom is 0.191 e. The minimum absolute atomic E-state index is 0.157. The van der Waals surface area contributed by atoms with Crippen LogP contribution in [-0.4, -0.2) is 45.1 Å². The minimum atomic E-state index is -2.95. The van der Waals surface area contributed by atoms with E-state index in [1.165, 1.54) is 6.26 Å². The summed E-state index contributed by atoms with van der Waals surface area (Å²) in [5.74, 6) is 2.04. The van der Waals surface area contributed by atoms with Crippen molar-refractivity contribution in [2.45, 2.75) is 59.4 Å². The molecule has 0 bridgehead atoms. The molecule has 0 aliphatic heterocycles. The van der Waals surface area contributed by atoms with E-state index in [-0.39, 0.29) is 11.2 Å². The van der Waals surface area contributed by atoms with Gasteiger partial charge in [-0.1, -0.05) is 32.9 Å². The van der Waals surface area contributed by atoms with Crippen molar-refractivity contribution in [1.82, 2.24) is 15.8 Å². The third-order valence-electron chi connectivity index (χ3n) is 4.52. The summed E-state index contributed by atoms with van der Waals surface area (Å²) in [5.41, 5.74) is 0.840. The molecule has 0 unspecified atom stereocenters. The van der Waals surface area contributed by atoms with Gasteiger partial charge in [-0.25, -0.2) is 8.42 Å². The standard InChI is InChI=1S/C18H34N4O3S/c1-7-14(8-2)16-11-15(25-22-16)12-20-17(19-5)21-13-18(3,4)9-10-26(6,23)24/h11,14H,7-10,12-13H2,1-6H3,(H2,19,20,21). The van der Waals surface area contributed by atoms with Crippen LogP contribution in [0.2, 0.25) is 0 Å². The Balaban J connectivity index is 2.50. The second-order valence-corrected chi connectivity index (χ2v) is 9.81. The van der Waals surface area contributed by atoms with E-state index in [0.29, 0.717) is 31.4 Å². The molecule has 1 aromatic rings. The number of aliphatic imine (C=N–C) groups is 1. The predicted octanol–water partition coefficient (Wildman–Crippen LogP) is 2.70. The normalized spacial score (nSPS) is 13.3. The third kappa shape index (κ3) is 8.21. The summed E-state index contributed by atoms with van der Waals surface area (Å²) in [4.78, 5) is 4.20. The Kier molecular flexibility index (Phi) is 8.59. The summed E-state index contributed by atoms with van der Waals surface area (Å²) in [7, 11) is -1.25. The molecule has 0 saturated carbocycles. The van der Waals surface area contributed by atoms with Gasteiger partial charge in [0.15, 0.2) is 11.7 Å². The van der Waals surface area contributed by atoms with Gasteiger partial charge in [0, 0.05) is 31.8 Å². The van der Waals surface area contributed by atoms with Crippen LogP contribution in [0.25, 0.3) is 0 Å². The lowest BCUT2D eigenvalue weighted by molar-refractivity contribution is 0.347. The average molecular weight is 387 g/mol. The predicted molar refractivity (Wildman–Crippen MR) is 106 cm³/mol. The molecule has 1 rings (SSSR count). The second kappa shape index (κ2) is 9.94. The number of rotatable bonds is 10. The van der Waals surface area contributed by atoms with E-state index in [9.17, 15) is 8.42 Å². The Morgan fingerprint density at radius 2 is 1.96 bits per heavy atom. The summed E-state index contributed by atoms with van der Waals surface area (Å²) in [6.45, 7) is 9.50. The van der Waals surface area contributed by atoms with Crippen LogP contribution in [0.15, 0.2) is 15.6 Å². The van der Waals surface area contributed by atoms with Gasteiger partial charge in [-0.05, 0) is 24.7 Å². The van der Waals surface area contributed by atoms with E-state index in [1.54, 1.807) is 7.05 Å². The van der Waals surface area contributed by atoms with Crippen LogP contribution in [0.1, 0.15) is 64.3 Å². The van der Waals surface area contributed by atoms with Crippen LogP contribution in [0.5, 0.6) is 0 Å². The largest absolute Gasteiger partial charge is 0.359 e. The maximum atomic E-state index is 11.4. The highest BCUT2D eigenvalue weighted by atomic mass is 32.2. The van der Waals surface area contributed by atoms with Gasteiger partial charge >= 0.3 is 0 Å². The Labute approximate surface area is 157 Å². The smallest absolute Gasteiger partial charge is 0.191 e. The molecule has 2 N–H and O–H groups in total. The van der Waals surface area contributed by atoms with Crippen LogP contribution in [0, 0.1) is 5.41 Å². The Morgan fingerprint density at radius 3 is 2.50 bits per heavy atom. The topological polar surface area (TPSA) is 96.6 Å². The molecular weight excluding hydrogens is 352 g/mol. The van der Waals surface area contributed by atoms with E-state index in [2.05, 4.69) is 34.6 Å². The number of hydrogen-bond acceptors (Lipinski definition) is 5. The summed E-state index contributed by atoms with van der Waals surface area (Å²) < 4.78 is 28.1. The van der Waals surface area contributed by atoms with Gasteiger partial charge in [0.25, 0.3) is 0 Å². The first-order chi connectivity index (χ1) is 12.1. The molecule has 0 amide bonds. The second-order valence-electron chi connectivity index (χ2n) is 7.55. The quantitative estimate of drug-likeness (QED) is 0.474. The van der Waals surface area contributed by atoms with Gasteiger partial charge in [-0.15, -0.1) is 0 Å². The fourth-order valence-electron chi connectivity index (χ4n) is 2.58. The first-order valence-electron chi connectivity index (χ1n) is 9.18. The highest BCUT2D eigenvalue weighted by Gasteiger charge is 2.20. The molecule has 0 spiro atoms. The molecule has 0 radical (unpaired) electrons. The maximum absolute atomic E-state index is 11.4. The molecule has 150 valence electrons. The number of guanidine groups is 1. The van der Waals surface area contributed by atoms with Gasteiger partial charge in [-0.2, -0.15) is 0 Å². The van der Waals surface area contributed by atoms with Gasteiger partial charge in [-0.3, -0.25) is 4.99 Å². The Bertz CT molecular complexity index is 676. The van der Waals surface area contributed by atoms with Crippen LogP contribution in [0.4, 0.5) is 0 Å². The summed E-state index contributed by atoms with van der Waals surface area (Å²) in [6, 6.07) is 1.99. The van der Waals surface area contributed by atoms with Gasteiger partial charge in [0.05, 0.1) is 18.0 Å². The Hall–Kier alpha value is -1.57. The number of hydrogen-bond donors (Lipinski definition) is 2. The molecule has 7 nitrogen and oxygen atoms in total. The first kappa shape index (κ1) is 22.5. The van der Waals surface area contributed by atoms with E-state index in [0.717, 1.165) is 24.3 Å². The molecule has 0 aliphatic carbocycles. The molecule has 8 heteroatoms. The fourth-order valence-corrected chi connectivity index (χ4v) is 3.50. The first-order valence-corrected chi connectivity index (χ1v) is 11.2. The summed E-state index contributed by atoms with van der Waals surface area (Å²) in [6.07, 6.45) is 3.95. The Morgan fingerprint density at radius 1 is 1.31 bits per heavy atom. The number of aromatic nitrogens is 1. The highest BCUT2D eigenvalue weighted by Crippen LogP contribution is 2.22. The fraction of sp³-hybridized carbons (Fsp3) is 0.778. The molecule has 0 aromatic carbocycles. The lowest BCUT2D eigenvalue weighted by Gasteiger charge is -2.25. The third-order valence-corrected chi connectivity index (χ3v) is 5.46. The molecule has 1 heterocycles. The van der Waals surface area contributed by atoms with Gasteiger partial charge in [0.1, 0.15) is 9.84 Å². The van der Waals surface area contributed by atoms with Crippen LogP contribution in [0.3, 0.4) is 0 Å². The molecule has 0 atom stereocenters. The van der Waals surface area contributed by atoms with Gasteiger partial charge in [0.2, 0.25) is 0 Å². The van der Waals surface area contributed by atoms with Crippen molar-refractivity contribution in [3.63, 3.8) is 0 Å².